The zero-order chi connectivity index (χ0) is 14.1. The summed E-state index contributed by atoms with van der Waals surface area (Å²) in [5.41, 5.74) is 3.71. The van der Waals surface area contributed by atoms with E-state index >= 15 is 0 Å². The number of rotatable bonds is 3. The van der Waals surface area contributed by atoms with E-state index in [0.717, 1.165) is 22.5 Å². The molecule has 6 heteroatoms. The van der Waals surface area contributed by atoms with Crippen molar-refractivity contribution < 1.29 is 9.47 Å². The van der Waals surface area contributed by atoms with Crippen LogP contribution in [-0.4, -0.2) is 43.1 Å². The van der Waals surface area contributed by atoms with Gasteiger partial charge in [0.1, 0.15) is 24.6 Å². The normalized spacial score (nSPS) is 17.1. The van der Waals surface area contributed by atoms with Gasteiger partial charge in [-0.1, -0.05) is 0 Å². The van der Waals surface area contributed by atoms with E-state index in [2.05, 4.69) is 31.8 Å². The van der Waals surface area contributed by atoms with E-state index in [-0.39, 0.29) is 0 Å². The van der Waals surface area contributed by atoms with E-state index < -0.39 is 0 Å². The number of aromatic nitrogens is 1. The number of hydrogen-bond donors (Lipinski definition) is 0. The van der Waals surface area contributed by atoms with E-state index in [1.165, 1.54) is 0 Å². The molecule has 0 radical (unpaired) electrons. The fraction of sp³-hybridized carbons (Fsp3) is 0.267. The molecule has 0 saturated heterocycles. The fourth-order valence-corrected chi connectivity index (χ4v) is 2.99. The molecule has 2 aromatic rings. The quantitative estimate of drug-likeness (QED) is 0.874. The molecule has 0 atom stereocenters. The number of ether oxygens (including phenoxy) is 2. The molecule has 0 spiro atoms. The third-order valence-corrected chi connectivity index (χ3v) is 3.97. The Balaban J connectivity index is 1.83. The number of nitrogens with zero attached hydrogens (tertiary/aromatic N) is 3. The molecule has 4 heterocycles. The maximum absolute atomic E-state index is 5.54. The zero-order valence-electron chi connectivity index (χ0n) is 11.3. The molecule has 0 saturated carbocycles. The molecule has 2 aliphatic rings. The summed E-state index contributed by atoms with van der Waals surface area (Å²) in [4.78, 5) is 13.3. The monoisotopic (exact) mass is 299 g/mol. The van der Waals surface area contributed by atoms with Crippen LogP contribution in [0.4, 0.5) is 0 Å². The molecule has 0 N–H and O–H groups in total. The predicted molar refractivity (Wildman–Crippen MR) is 82.3 cm³/mol. The smallest absolute Gasteiger partial charge is 0.235 e. The van der Waals surface area contributed by atoms with Crippen LogP contribution < -0.4 is 0 Å². The van der Waals surface area contributed by atoms with Gasteiger partial charge in [0.15, 0.2) is 0 Å². The number of thiophene rings is 1. The van der Waals surface area contributed by atoms with E-state index in [9.17, 15) is 0 Å². The topological polar surface area (TPSA) is 56.1 Å². The van der Waals surface area contributed by atoms with E-state index in [4.69, 9.17) is 9.47 Å². The molecule has 106 valence electrons. The first kappa shape index (κ1) is 12.5. The summed E-state index contributed by atoms with van der Waals surface area (Å²) in [5.74, 6) is 1.21. The highest BCUT2D eigenvalue weighted by Crippen LogP contribution is 2.25. The summed E-state index contributed by atoms with van der Waals surface area (Å²) in [7, 11) is 0. The minimum atomic E-state index is 0.604. The van der Waals surface area contributed by atoms with Gasteiger partial charge in [0.2, 0.25) is 11.8 Å². The van der Waals surface area contributed by atoms with Gasteiger partial charge in [0, 0.05) is 0 Å². The van der Waals surface area contributed by atoms with Crippen LogP contribution in [0.2, 0.25) is 0 Å². The van der Waals surface area contributed by atoms with Gasteiger partial charge in [-0.15, -0.1) is 0 Å². The van der Waals surface area contributed by atoms with E-state index in [0.29, 0.717) is 38.1 Å². The van der Waals surface area contributed by atoms with Crippen molar-refractivity contribution in [3.8, 4) is 11.1 Å². The first-order chi connectivity index (χ1) is 10.4. The molecule has 5 nitrogen and oxygen atoms in total. The summed E-state index contributed by atoms with van der Waals surface area (Å²) >= 11 is 1.67. The Labute approximate surface area is 126 Å². The average Bonchev–Trinajstić information content (AvgIpc) is 3.29. The lowest BCUT2D eigenvalue weighted by molar-refractivity contribution is 0.345. The van der Waals surface area contributed by atoms with Crippen molar-refractivity contribution >= 4 is 23.1 Å². The van der Waals surface area contributed by atoms with Crippen LogP contribution in [0.1, 0.15) is 11.4 Å². The Morgan fingerprint density at radius 3 is 2.05 bits per heavy atom. The number of pyridine rings is 1. The summed E-state index contributed by atoms with van der Waals surface area (Å²) in [6, 6.07) is 6.10. The first-order valence-electron chi connectivity index (χ1n) is 6.80. The van der Waals surface area contributed by atoms with Gasteiger partial charge in [0.25, 0.3) is 0 Å². The number of aliphatic imine (C=N–C) groups is 2. The molecule has 0 amide bonds. The molecule has 4 rings (SSSR count). The van der Waals surface area contributed by atoms with E-state index in [1.54, 1.807) is 11.3 Å². The van der Waals surface area contributed by atoms with Crippen LogP contribution in [0, 0.1) is 0 Å². The van der Waals surface area contributed by atoms with Gasteiger partial charge in [-0.2, -0.15) is 11.3 Å². The van der Waals surface area contributed by atoms with Gasteiger partial charge in [-0.25, -0.2) is 15.0 Å². The van der Waals surface area contributed by atoms with Crippen molar-refractivity contribution in [2.45, 2.75) is 0 Å². The third kappa shape index (κ3) is 2.42. The summed E-state index contributed by atoms with van der Waals surface area (Å²) in [5, 5.41) is 4.17. The summed E-state index contributed by atoms with van der Waals surface area (Å²) in [6.45, 7) is 2.61. The Morgan fingerprint density at radius 2 is 1.57 bits per heavy atom. The van der Waals surface area contributed by atoms with Crippen LogP contribution in [0.5, 0.6) is 0 Å². The molecule has 21 heavy (non-hydrogen) atoms. The maximum atomic E-state index is 5.54. The highest BCUT2D eigenvalue weighted by molar-refractivity contribution is 7.08. The molecule has 2 aliphatic heterocycles. The van der Waals surface area contributed by atoms with Crippen molar-refractivity contribution in [2.75, 3.05) is 26.3 Å². The maximum Gasteiger partial charge on any atom is 0.235 e. The standard InChI is InChI=1S/C15H13N3O2S/c1-6-21-9-10(1)11-7-12(14-16-2-4-19-14)18-13(8-11)15-17-3-5-20-15/h1,6-9H,2-5H2. The van der Waals surface area contributed by atoms with Gasteiger partial charge >= 0.3 is 0 Å². The molecule has 0 aromatic carbocycles. The third-order valence-electron chi connectivity index (χ3n) is 3.29. The van der Waals surface area contributed by atoms with Crippen LogP contribution in [0.25, 0.3) is 11.1 Å². The second-order valence-corrected chi connectivity index (χ2v) is 5.49. The molecule has 0 bridgehead atoms. The van der Waals surface area contributed by atoms with Gasteiger partial charge in [-0.3, -0.25) is 0 Å². The molecule has 0 fully saturated rings. The van der Waals surface area contributed by atoms with Crippen molar-refractivity contribution in [3.05, 3.63) is 40.3 Å². The Bertz CT molecular complexity index is 680. The predicted octanol–water partition coefficient (Wildman–Crippen LogP) is 2.36. The lowest BCUT2D eigenvalue weighted by Gasteiger charge is -2.08. The highest BCUT2D eigenvalue weighted by atomic mass is 32.1. The van der Waals surface area contributed by atoms with Crippen LogP contribution in [-0.2, 0) is 9.47 Å². The number of hydrogen-bond acceptors (Lipinski definition) is 6. The lowest BCUT2D eigenvalue weighted by atomic mass is 10.1. The zero-order valence-corrected chi connectivity index (χ0v) is 12.1. The largest absolute Gasteiger partial charge is 0.474 e. The minimum absolute atomic E-state index is 0.604. The SMILES string of the molecule is c1cc(-c2cc(C3=NCCO3)nc(C3=NCCO3)c2)cs1. The first-order valence-corrected chi connectivity index (χ1v) is 7.74. The van der Waals surface area contributed by atoms with Crippen molar-refractivity contribution in [3.63, 3.8) is 0 Å². The molecular weight excluding hydrogens is 286 g/mol. The van der Waals surface area contributed by atoms with Crippen LogP contribution >= 0.6 is 11.3 Å². The molecule has 2 aromatic heterocycles. The van der Waals surface area contributed by atoms with Gasteiger partial charge in [0.05, 0.1) is 13.1 Å². The summed E-state index contributed by atoms with van der Waals surface area (Å²) < 4.78 is 11.1. The Hall–Kier alpha value is -2.21. The van der Waals surface area contributed by atoms with Crippen LogP contribution in [0.15, 0.2) is 38.9 Å². The molecule has 0 aliphatic carbocycles. The fourth-order valence-electron chi connectivity index (χ4n) is 2.33. The summed E-state index contributed by atoms with van der Waals surface area (Å²) in [6.07, 6.45) is 0. The van der Waals surface area contributed by atoms with Crippen LogP contribution in [0.3, 0.4) is 0 Å². The van der Waals surface area contributed by atoms with Gasteiger partial charge in [-0.05, 0) is 40.1 Å². The van der Waals surface area contributed by atoms with Crippen molar-refractivity contribution in [2.24, 2.45) is 9.98 Å². The highest BCUT2D eigenvalue weighted by Gasteiger charge is 2.19. The Kier molecular flexibility index (Phi) is 3.16. The molecule has 0 unspecified atom stereocenters. The Morgan fingerprint density at radius 1 is 0.905 bits per heavy atom. The van der Waals surface area contributed by atoms with E-state index in [1.807, 2.05) is 12.1 Å². The van der Waals surface area contributed by atoms with Crippen molar-refractivity contribution in [1.82, 2.24) is 4.98 Å². The van der Waals surface area contributed by atoms with Crippen molar-refractivity contribution in [1.29, 1.82) is 0 Å². The van der Waals surface area contributed by atoms with Gasteiger partial charge < -0.3 is 9.47 Å². The molecular formula is C15H13N3O2S. The second kappa shape index (κ2) is 5.29. The lowest BCUT2D eigenvalue weighted by Crippen LogP contribution is -2.10. The minimum Gasteiger partial charge on any atom is -0.474 e. The average molecular weight is 299 g/mol. The second-order valence-electron chi connectivity index (χ2n) is 4.71.